The molecule has 0 atom stereocenters. The maximum atomic E-state index is 8.22. The molecule has 0 radical (unpaired) electrons. The molecule has 1 nitrogen and oxygen atoms in total. The predicted octanol–water partition coefficient (Wildman–Crippen LogP) is 7.16. The van der Waals surface area contributed by atoms with Gasteiger partial charge in [0.1, 0.15) is 0 Å². The highest BCUT2D eigenvalue weighted by molar-refractivity contribution is 6.08. The lowest BCUT2D eigenvalue weighted by Gasteiger charge is -2.20. The van der Waals surface area contributed by atoms with Gasteiger partial charge >= 0.3 is 0 Å². The summed E-state index contributed by atoms with van der Waals surface area (Å²) in [5.74, 6) is 0. The quantitative estimate of drug-likeness (QED) is 0.484. The molecular weight excluding hydrogens is 326 g/mol. The van der Waals surface area contributed by atoms with Crippen LogP contribution in [0.4, 0.5) is 0 Å². The highest BCUT2D eigenvalue weighted by Gasteiger charge is 2.20. The van der Waals surface area contributed by atoms with E-state index < -0.39 is 0 Å². The first-order valence-corrected chi connectivity index (χ1v) is 9.53. The summed E-state index contributed by atoms with van der Waals surface area (Å²) in [5, 5.41) is 10.6. The second kappa shape index (κ2) is 6.66. The van der Waals surface area contributed by atoms with Gasteiger partial charge in [0.2, 0.25) is 0 Å². The summed E-state index contributed by atoms with van der Waals surface area (Å²) in [6, 6.07) is 15.2. The molecule has 134 valence electrons. The van der Waals surface area contributed by atoms with Crippen molar-refractivity contribution in [3.63, 3.8) is 0 Å². The lowest BCUT2D eigenvalue weighted by molar-refractivity contribution is 1.26. The fourth-order valence-corrected chi connectivity index (χ4v) is 4.23. The first kappa shape index (κ1) is 17.5. The molecule has 3 aromatic carbocycles. The highest BCUT2D eigenvalue weighted by Crippen LogP contribution is 2.42. The van der Waals surface area contributed by atoms with Crippen molar-refractivity contribution in [2.45, 2.75) is 34.1 Å². The van der Waals surface area contributed by atoms with Gasteiger partial charge in [-0.15, -0.1) is 0 Å². The number of rotatable bonds is 3. The molecule has 0 bridgehead atoms. The third kappa shape index (κ3) is 2.75. The van der Waals surface area contributed by atoms with E-state index in [4.69, 9.17) is 5.41 Å². The van der Waals surface area contributed by atoms with E-state index in [9.17, 15) is 0 Å². The van der Waals surface area contributed by atoms with Crippen LogP contribution in [0.2, 0.25) is 0 Å². The predicted molar refractivity (Wildman–Crippen MR) is 118 cm³/mol. The standard InChI is InChI=1S/C26H25N/c1-16-12-13-22(19(4)18(16)3)24-14-20-9-5-6-10-23(20)25(15-27)26(24)21-11-7-8-17(21)2/h5-10,12-15,27H,11H2,1-4H3. The summed E-state index contributed by atoms with van der Waals surface area (Å²) in [6.07, 6.45) is 6.90. The first-order chi connectivity index (χ1) is 13.0. The van der Waals surface area contributed by atoms with Gasteiger partial charge in [0.05, 0.1) is 0 Å². The first-order valence-electron chi connectivity index (χ1n) is 9.53. The van der Waals surface area contributed by atoms with Crippen LogP contribution in [0.1, 0.15) is 41.2 Å². The van der Waals surface area contributed by atoms with E-state index in [-0.39, 0.29) is 0 Å². The maximum Gasteiger partial charge on any atom is 0.0262 e. The van der Waals surface area contributed by atoms with Gasteiger partial charge in [0.25, 0.3) is 0 Å². The molecule has 1 heteroatoms. The Kier molecular flexibility index (Phi) is 4.31. The fourth-order valence-electron chi connectivity index (χ4n) is 4.23. The van der Waals surface area contributed by atoms with Crippen LogP contribution in [-0.4, -0.2) is 6.21 Å². The molecule has 0 saturated carbocycles. The van der Waals surface area contributed by atoms with Gasteiger partial charge in [-0.2, -0.15) is 0 Å². The van der Waals surface area contributed by atoms with E-state index in [0.717, 1.165) is 17.4 Å². The van der Waals surface area contributed by atoms with Crippen LogP contribution in [0, 0.1) is 26.2 Å². The van der Waals surface area contributed by atoms with Gasteiger partial charge < -0.3 is 5.41 Å². The van der Waals surface area contributed by atoms with E-state index in [0.29, 0.717) is 0 Å². The summed E-state index contributed by atoms with van der Waals surface area (Å²) in [7, 11) is 0. The molecule has 27 heavy (non-hydrogen) atoms. The van der Waals surface area contributed by atoms with Crippen molar-refractivity contribution in [2.24, 2.45) is 0 Å². The fraction of sp³-hybridized carbons (Fsp3) is 0.192. The van der Waals surface area contributed by atoms with Gasteiger partial charge in [0, 0.05) is 11.8 Å². The summed E-state index contributed by atoms with van der Waals surface area (Å²) >= 11 is 0. The van der Waals surface area contributed by atoms with Crippen molar-refractivity contribution in [3.05, 3.63) is 88.0 Å². The molecular formula is C26H25N. The SMILES string of the molecule is CC1=C(c2c(-c3ccc(C)c(C)c3C)cc3ccccc3c2C=N)CC=C1. The minimum Gasteiger partial charge on any atom is -0.308 e. The monoisotopic (exact) mass is 351 g/mol. The molecule has 1 N–H and O–H groups in total. The number of allylic oxidation sites excluding steroid dienone is 4. The van der Waals surface area contributed by atoms with Crippen LogP contribution in [0.5, 0.6) is 0 Å². The van der Waals surface area contributed by atoms with Gasteiger partial charge in [-0.1, -0.05) is 48.6 Å². The zero-order chi connectivity index (χ0) is 19.1. The van der Waals surface area contributed by atoms with Crippen LogP contribution < -0.4 is 0 Å². The van der Waals surface area contributed by atoms with Crippen LogP contribution in [0.15, 0.2) is 60.2 Å². The lowest BCUT2D eigenvalue weighted by atomic mass is 9.83. The third-order valence-electron chi connectivity index (χ3n) is 6.05. The average molecular weight is 351 g/mol. The molecule has 0 amide bonds. The molecule has 0 spiro atoms. The van der Waals surface area contributed by atoms with Crippen molar-refractivity contribution in [1.82, 2.24) is 0 Å². The van der Waals surface area contributed by atoms with E-state index in [1.165, 1.54) is 56.1 Å². The zero-order valence-electron chi connectivity index (χ0n) is 16.5. The molecule has 1 aliphatic carbocycles. The minimum atomic E-state index is 0.932. The largest absolute Gasteiger partial charge is 0.308 e. The Labute approximate surface area is 161 Å². The molecule has 4 rings (SSSR count). The molecule has 0 aromatic heterocycles. The maximum absolute atomic E-state index is 8.22. The summed E-state index contributed by atoms with van der Waals surface area (Å²) in [4.78, 5) is 0. The highest BCUT2D eigenvalue weighted by atomic mass is 14.3. The van der Waals surface area contributed by atoms with Gasteiger partial charge in [-0.05, 0) is 95.5 Å². The van der Waals surface area contributed by atoms with Crippen LogP contribution in [-0.2, 0) is 0 Å². The van der Waals surface area contributed by atoms with Crippen LogP contribution in [0.25, 0.3) is 27.5 Å². The van der Waals surface area contributed by atoms with Gasteiger partial charge in [0.15, 0.2) is 0 Å². The number of benzene rings is 3. The second-order valence-electron chi connectivity index (χ2n) is 7.53. The summed E-state index contributed by atoms with van der Waals surface area (Å²) in [6.45, 7) is 8.77. The zero-order valence-corrected chi connectivity index (χ0v) is 16.5. The topological polar surface area (TPSA) is 23.9 Å². The Hall–Kier alpha value is -2.93. The normalized spacial score (nSPS) is 13.6. The molecule has 1 aliphatic rings. The van der Waals surface area contributed by atoms with Crippen LogP contribution >= 0.6 is 0 Å². The minimum absolute atomic E-state index is 0.932. The van der Waals surface area contributed by atoms with E-state index >= 15 is 0 Å². The Morgan fingerprint density at radius 2 is 1.67 bits per heavy atom. The van der Waals surface area contributed by atoms with Crippen molar-refractivity contribution in [3.8, 4) is 11.1 Å². The number of hydrogen-bond acceptors (Lipinski definition) is 1. The van der Waals surface area contributed by atoms with Crippen molar-refractivity contribution in [1.29, 1.82) is 5.41 Å². The Morgan fingerprint density at radius 3 is 2.37 bits per heavy atom. The van der Waals surface area contributed by atoms with E-state index in [1.807, 2.05) is 0 Å². The van der Waals surface area contributed by atoms with Crippen LogP contribution in [0.3, 0.4) is 0 Å². The van der Waals surface area contributed by atoms with E-state index in [2.05, 4.69) is 82.3 Å². The molecule has 0 fully saturated rings. The Bertz CT molecular complexity index is 1140. The number of fused-ring (bicyclic) bond motifs is 1. The molecule has 0 saturated heterocycles. The molecule has 3 aromatic rings. The van der Waals surface area contributed by atoms with Gasteiger partial charge in [-0.3, -0.25) is 0 Å². The number of aryl methyl sites for hydroxylation is 1. The van der Waals surface area contributed by atoms with Gasteiger partial charge in [-0.25, -0.2) is 0 Å². The molecule has 0 unspecified atom stereocenters. The smallest absolute Gasteiger partial charge is 0.0262 e. The summed E-state index contributed by atoms with van der Waals surface area (Å²) in [5.41, 5.74) is 11.4. The summed E-state index contributed by atoms with van der Waals surface area (Å²) < 4.78 is 0. The molecule has 0 aliphatic heterocycles. The number of nitrogens with one attached hydrogen (secondary N) is 1. The van der Waals surface area contributed by atoms with Crippen molar-refractivity contribution < 1.29 is 0 Å². The Balaban J connectivity index is 2.16. The third-order valence-corrected chi connectivity index (χ3v) is 6.05. The van der Waals surface area contributed by atoms with E-state index in [1.54, 1.807) is 0 Å². The number of hydrogen-bond donors (Lipinski definition) is 1. The lowest BCUT2D eigenvalue weighted by Crippen LogP contribution is -2.01. The molecule has 0 heterocycles. The Morgan fingerprint density at radius 1 is 0.889 bits per heavy atom. The van der Waals surface area contributed by atoms with Crippen molar-refractivity contribution >= 4 is 22.6 Å². The average Bonchev–Trinajstić information content (AvgIpc) is 3.10. The second-order valence-corrected chi connectivity index (χ2v) is 7.53. The van der Waals surface area contributed by atoms with Crippen molar-refractivity contribution in [2.75, 3.05) is 0 Å².